The van der Waals surface area contributed by atoms with Crippen molar-refractivity contribution in [2.24, 2.45) is 0 Å². The molecule has 2 amide bonds. The van der Waals surface area contributed by atoms with Crippen LogP contribution < -0.4 is 14.9 Å². The number of para-hydroxylation sites is 1. The molecule has 0 saturated heterocycles. The third-order valence-corrected chi connectivity index (χ3v) is 6.82. The van der Waals surface area contributed by atoms with Gasteiger partial charge in [-0.3, -0.25) is 19.3 Å². The summed E-state index contributed by atoms with van der Waals surface area (Å²) in [6.45, 7) is 3.68. The topological polar surface area (TPSA) is 103 Å². The lowest BCUT2D eigenvalue weighted by Crippen LogP contribution is -2.37. The van der Waals surface area contributed by atoms with Crippen LogP contribution >= 0.6 is 15.9 Å². The Balaban J connectivity index is 1.37. The molecule has 0 radical (unpaired) electrons. The number of carbonyl (C=O) groups is 3. The molecular weight excluding hydrogens is 542 g/mol. The first-order chi connectivity index (χ1) is 17.8. The van der Waals surface area contributed by atoms with Gasteiger partial charge < -0.3 is 13.9 Å². The first-order valence-corrected chi connectivity index (χ1v) is 12.3. The molecule has 4 aromatic rings. The largest absolute Gasteiger partial charge is 0.460 e. The van der Waals surface area contributed by atoms with Crippen LogP contribution in [0.25, 0.3) is 11.0 Å². The minimum atomic E-state index is -0.722. The van der Waals surface area contributed by atoms with E-state index in [1.54, 1.807) is 25.1 Å². The number of halogens is 1. The summed E-state index contributed by atoms with van der Waals surface area (Å²) < 4.78 is 17.4. The number of nitrogens with zero attached hydrogens (tertiary/aromatic N) is 1. The zero-order chi connectivity index (χ0) is 26.3. The molecule has 0 spiro atoms. The van der Waals surface area contributed by atoms with E-state index in [1.807, 2.05) is 13.0 Å². The summed E-state index contributed by atoms with van der Waals surface area (Å²) in [4.78, 5) is 52.3. The summed E-state index contributed by atoms with van der Waals surface area (Å²) in [7, 11) is 0. The number of ether oxygens (including phenoxy) is 2. The van der Waals surface area contributed by atoms with Gasteiger partial charge in [0.15, 0.2) is 0 Å². The maximum atomic E-state index is 12.9. The van der Waals surface area contributed by atoms with Crippen molar-refractivity contribution in [1.29, 1.82) is 0 Å². The standard InChI is InChI=1S/C28H20BrNO7/c1-3-15(2)30-26(32)18-10-8-16(12-20(18)27(30)33)28(34)36-17-9-11-19-23(13-17)35-14-24(25(19)31)37-22-7-5-4-6-21(22)29/h4-15H,3H2,1-2H3. The van der Waals surface area contributed by atoms with E-state index < -0.39 is 11.9 Å². The molecule has 9 heteroatoms. The van der Waals surface area contributed by atoms with Crippen molar-refractivity contribution < 1.29 is 28.3 Å². The van der Waals surface area contributed by atoms with Crippen molar-refractivity contribution in [2.75, 3.05) is 0 Å². The molecule has 37 heavy (non-hydrogen) atoms. The van der Waals surface area contributed by atoms with Gasteiger partial charge in [0.1, 0.15) is 23.3 Å². The third kappa shape index (κ3) is 4.42. The summed E-state index contributed by atoms with van der Waals surface area (Å²) in [5.41, 5.74) is 0.359. The Labute approximate surface area is 219 Å². The average Bonchev–Trinajstić information content (AvgIpc) is 3.15. The fourth-order valence-electron chi connectivity index (χ4n) is 4.01. The van der Waals surface area contributed by atoms with Crippen LogP contribution in [-0.4, -0.2) is 28.7 Å². The van der Waals surface area contributed by atoms with E-state index in [-0.39, 0.29) is 56.5 Å². The van der Waals surface area contributed by atoms with Crippen LogP contribution in [0.4, 0.5) is 0 Å². The highest BCUT2D eigenvalue weighted by Crippen LogP contribution is 2.30. The van der Waals surface area contributed by atoms with Crippen molar-refractivity contribution in [3.05, 3.63) is 98.3 Å². The van der Waals surface area contributed by atoms with Crippen LogP contribution in [0.5, 0.6) is 17.2 Å². The Morgan fingerprint density at radius 3 is 2.49 bits per heavy atom. The van der Waals surface area contributed by atoms with Crippen molar-refractivity contribution in [3.63, 3.8) is 0 Å². The molecule has 5 rings (SSSR count). The van der Waals surface area contributed by atoms with Gasteiger partial charge >= 0.3 is 5.97 Å². The highest BCUT2D eigenvalue weighted by atomic mass is 79.9. The van der Waals surface area contributed by atoms with Gasteiger partial charge in [0.05, 0.1) is 26.5 Å². The molecule has 1 aromatic heterocycles. The number of hydrogen-bond acceptors (Lipinski definition) is 7. The molecule has 3 aromatic carbocycles. The highest BCUT2D eigenvalue weighted by molar-refractivity contribution is 9.10. The minimum Gasteiger partial charge on any atom is -0.460 e. The molecule has 0 saturated carbocycles. The third-order valence-electron chi connectivity index (χ3n) is 6.17. The molecule has 1 aliphatic rings. The van der Waals surface area contributed by atoms with Crippen LogP contribution in [0.15, 0.2) is 80.6 Å². The first-order valence-electron chi connectivity index (χ1n) is 11.5. The zero-order valence-electron chi connectivity index (χ0n) is 19.8. The lowest BCUT2D eigenvalue weighted by molar-refractivity contribution is 0.0593. The second kappa shape index (κ2) is 9.67. The molecule has 1 unspecified atom stereocenters. The summed E-state index contributed by atoms with van der Waals surface area (Å²) in [6.07, 6.45) is 1.82. The fraction of sp³-hybridized carbons (Fsp3) is 0.143. The molecule has 0 fully saturated rings. The van der Waals surface area contributed by atoms with Gasteiger partial charge in [0.2, 0.25) is 11.2 Å². The molecular formula is C28H20BrNO7. The summed E-state index contributed by atoms with van der Waals surface area (Å²) in [6, 6.07) is 15.5. The van der Waals surface area contributed by atoms with Crippen molar-refractivity contribution in [3.8, 4) is 17.2 Å². The van der Waals surface area contributed by atoms with Crippen LogP contribution in [-0.2, 0) is 0 Å². The molecule has 0 bridgehead atoms. The van der Waals surface area contributed by atoms with Gasteiger partial charge in [-0.25, -0.2) is 4.79 Å². The van der Waals surface area contributed by atoms with Crippen molar-refractivity contribution in [2.45, 2.75) is 26.3 Å². The molecule has 2 heterocycles. The molecule has 0 aliphatic carbocycles. The van der Waals surface area contributed by atoms with Crippen LogP contribution in [0.2, 0.25) is 0 Å². The summed E-state index contributed by atoms with van der Waals surface area (Å²) in [5, 5.41) is 0.246. The van der Waals surface area contributed by atoms with E-state index >= 15 is 0 Å². The van der Waals surface area contributed by atoms with Crippen molar-refractivity contribution >= 4 is 44.7 Å². The Bertz CT molecular complexity index is 1640. The zero-order valence-corrected chi connectivity index (χ0v) is 21.4. The molecule has 1 atom stereocenters. The SMILES string of the molecule is CCC(C)N1C(=O)c2ccc(C(=O)Oc3ccc4c(=O)c(Oc5ccccc5Br)coc4c3)cc2C1=O. The van der Waals surface area contributed by atoms with Gasteiger partial charge in [-0.05, 0) is 71.7 Å². The lowest BCUT2D eigenvalue weighted by atomic mass is 10.1. The van der Waals surface area contributed by atoms with Crippen molar-refractivity contribution in [1.82, 2.24) is 4.90 Å². The van der Waals surface area contributed by atoms with E-state index in [9.17, 15) is 19.2 Å². The Morgan fingerprint density at radius 2 is 1.73 bits per heavy atom. The number of hydrogen-bond donors (Lipinski definition) is 0. The average molecular weight is 562 g/mol. The number of amides is 2. The normalized spacial score (nSPS) is 13.5. The maximum absolute atomic E-state index is 12.9. The van der Waals surface area contributed by atoms with Crippen LogP contribution in [0.3, 0.4) is 0 Å². The fourth-order valence-corrected chi connectivity index (χ4v) is 4.37. The van der Waals surface area contributed by atoms with Crippen LogP contribution in [0.1, 0.15) is 51.3 Å². The summed E-state index contributed by atoms with van der Waals surface area (Å²) >= 11 is 3.37. The highest BCUT2D eigenvalue weighted by Gasteiger charge is 2.38. The van der Waals surface area contributed by atoms with E-state index in [0.717, 1.165) is 0 Å². The van der Waals surface area contributed by atoms with E-state index in [2.05, 4.69) is 15.9 Å². The summed E-state index contributed by atoms with van der Waals surface area (Å²) in [5.74, 6) is -0.918. The molecule has 0 N–H and O–H groups in total. The minimum absolute atomic E-state index is 0.00735. The number of carbonyl (C=O) groups excluding carboxylic acids is 3. The number of rotatable bonds is 6. The Morgan fingerprint density at radius 1 is 0.973 bits per heavy atom. The maximum Gasteiger partial charge on any atom is 0.343 e. The second-order valence-electron chi connectivity index (χ2n) is 8.51. The smallest absolute Gasteiger partial charge is 0.343 e. The van der Waals surface area contributed by atoms with Gasteiger partial charge in [0, 0.05) is 12.1 Å². The Hall–Kier alpha value is -4.24. The number of fused-ring (bicyclic) bond motifs is 2. The predicted octanol–water partition coefficient (Wildman–Crippen LogP) is 5.96. The van der Waals surface area contributed by atoms with E-state index in [1.165, 1.54) is 47.6 Å². The van der Waals surface area contributed by atoms with Gasteiger partial charge in [-0.15, -0.1) is 0 Å². The lowest BCUT2D eigenvalue weighted by Gasteiger charge is -2.20. The quantitative estimate of drug-likeness (QED) is 0.162. The first kappa shape index (κ1) is 24.5. The molecule has 1 aliphatic heterocycles. The number of imide groups is 1. The van der Waals surface area contributed by atoms with Gasteiger partial charge in [-0.1, -0.05) is 19.1 Å². The Kier molecular flexibility index (Phi) is 6.39. The molecule has 8 nitrogen and oxygen atoms in total. The number of esters is 1. The monoisotopic (exact) mass is 561 g/mol. The van der Waals surface area contributed by atoms with Crippen LogP contribution in [0, 0.1) is 0 Å². The van der Waals surface area contributed by atoms with E-state index in [0.29, 0.717) is 16.6 Å². The van der Waals surface area contributed by atoms with Gasteiger partial charge in [0.25, 0.3) is 11.8 Å². The van der Waals surface area contributed by atoms with Gasteiger partial charge in [-0.2, -0.15) is 0 Å². The second-order valence-corrected chi connectivity index (χ2v) is 9.36. The number of benzene rings is 3. The predicted molar refractivity (Wildman–Crippen MR) is 138 cm³/mol. The van der Waals surface area contributed by atoms with E-state index in [4.69, 9.17) is 13.9 Å². The molecule has 186 valence electrons.